The van der Waals surface area contributed by atoms with Gasteiger partial charge in [0.2, 0.25) is 0 Å². The van der Waals surface area contributed by atoms with Crippen LogP contribution in [0, 0.1) is 10.1 Å². The molecule has 0 atom stereocenters. The van der Waals surface area contributed by atoms with Gasteiger partial charge in [-0.2, -0.15) is 0 Å². The zero-order valence-electron chi connectivity index (χ0n) is 10.7. The maximum Gasteiger partial charge on any atom is 0.269 e. The molecule has 1 aromatic rings. The van der Waals surface area contributed by atoms with E-state index in [0.29, 0.717) is 39.5 Å². The summed E-state index contributed by atoms with van der Waals surface area (Å²) >= 11 is 0. The molecule has 0 aliphatic carbocycles. The van der Waals surface area contributed by atoms with Crippen molar-refractivity contribution in [2.75, 3.05) is 44.8 Å². The molecule has 0 saturated carbocycles. The van der Waals surface area contributed by atoms with Crippen molar-refractivity contribution in [1.82, 2.24) is 0 Å². The molecule has 0 aliphatic rings. The van der Waals surface area contributed by atoms with Crippen molar-refractivity contribution < 1.29 is 14.4 Å². The lowest BCUT2D eigenvalue weighted by Gasteiger charge is -2.07. The van der Waals surface area contributed by atoms with E-state index in [1.807, 2.05) is 0 Å². The molecule has 7 nitrogen and oxygen atoms in total. The highest BCUT2D eigenvalue weighted by atomic mass is 16.6. The smallest absolute Gasteiger partial charge is 0.269 e. The van der Waals surface area contributed by atoms with Crippen molar-refractivity contribution in [2.24, 2.45) is 5.73 Å². The fourth-order valence-electron chi connectivity index (χ4n) is 1.37. The van der Waals surface area contributed by atoms with E-state index < -0.39 is 4.92 Å². The van der Waals surface area contributed by atoms with Crippen molar-refractivity contribution in [3.8, 4) is 0 Å². The molecule has 1 aromatic carbocycles. The third kappa shape index (κ3) is 6.70. The van der Waals surface area contributed by atoms with Crippen molar-refractivity contribution >= 4 is 11.4 Å². The first-order chi connectivity index (χ1) is 9.24. The predicted molar refractivity (Wildman–Crippen MR) is 72.3 cm³/mol. The summed E-state index contributed by atoms with van der Waals surface area (Å²) in [6, 6.07) is 6.26. The number of benzene rings is 1. The Hall–Kier alpha value is -1.70. The number of ether oxygens (including phenoxy) is 2. The Kier molecular flexibility index (Phi) is 7.48. The number of nitrogens with zero attached hydrogens (tertiary/aromatic N) is 1. The van der Waals surface area contributed by atoms with Crippen molar-refractivity contribution in [3.63, 3.8) is 0 Å². The summed E-state index contributed by atoms with van der Waals surface area (Å²) in [5.41, 5.74) is 6.18. The van der Waals surface area contributed by atoms with E-state index in [0.717, 1.165) is 5.69 Å². The van der Waals surface area contributed by atoms with E-state index in [1.165, 1.54) is 12.1 Å². The van der Waals surface area contributed by atoms with Gasteiger partial charge in [-0.25, -0.2) is 0 Å². The molecule has 0 unspecified atom stereocenters. The molecule has 19 heavy (non-hydrogen) atoms. The van der Waals surface area contributed by atoms with E-state index >= 15 is 0 Å². The van der Waals surface area contributed by atoms with Crippen molar-refractivity contribution in [1.29, 1.82) is 0 Å². The average molecular weight is 269 g/mol. The number of anilines is 1. The lowest BCUT2D eigenvalue weighted by atomic mass is 10.3. The predicted octanol–water partition coefficient (Wildman–Crippen LogP) is 0.999. The molecule has 106 valence electrons. The van der Waals surface area contributed by atoms with Crippen molar-refractivity contribution in [2.45, 2.75) is 0 Å². The van der Waals surface area contributed by atoms with Gasteiger partial charge in [-0.3, -0.25) is 10.1 Å². The largest absolute Gasteiger partial charge is 0.383 e. The van der Waals surface area contributed by atoms with Gasteiger partial charge in [0.05, 0.1) is 31.4 Å². The Labute approximate surface area is 111 Å². The molecule has 1 rings (SSSR count). The Bertz CT molecular complexity index is 370. The lowest BCUT2D eigenvalue weighted by molar-refractivity contribution is -0.384. The van der Waals surface area contributed by atoms with Gasteiger partial charge in [0.15, 0.2) is 0 Å². The third-order valence-electron chi connectivity index (χ3n) is 2.29. The zero-order valence-corrected chi connectivity index (χ0v) is 10.7. The van der Waals surface area contributed by atoms with Crippen LogP contribution in [-0.4, -0.2) is 44.4 Å². The van der Waals surface area contributed by atoms with Crippen LogP contribution in [0.15, 0.2) is 24.3 Å². The number of hydrogen-bond acceptors (Lipinski definition) is 6. The van der Waals surface area contributed by atoms with Crippen LogP contribution >= 0.6 is 0 Å². The molecule has 0 fully saturated rings. The zero-order chi connectivity index (χ0) is 13.9. The number of nitro groups is 1. The van der Waals surface area contributed by atoms with Crippen LogP contribution in [0.5, 0.6) is 0 Å². The Morgan fingerprint density at radius 1 is 1.11 bits per heavy atom. The van der Waals surface area contributed by atoms with Gasteiger partial charge in [-0.1, -0.05) is 0 Å². The van der Waals surface area contributed by atoms with Gasteiger partial charge in [-0.05, 0) is 12.1 Å². The fraction of sp³-hybridized carbons (Fsp3) is 0.500. The number of nitrogens with two attached hydrogens (primary N) is 1. The SMILES string of the molecule is NCCOCCOCCNc1ccc([N+](=O)[O-])cc1. The molecular formula is C12H19N3O4. The van der Waals surface area contributed by atoms with Gasteiger partial charge in [-0.15, -0.1) is 0 Å². The van der Waals surface area contributed by atoms with E-state index in [2.05, 4.69) is 5.32 Å². The van der Waals surface area contributed by atoms with Gasteiger partial charge in [0.1, 0.15) is 0 Å². The summed E-state index contributed by atoms with van der Waals surface area (Å²) < 4.78 is 10.5. The van der Waals surface area contributed by atoms with E-state index in [9.17, 15) is 10.1 Å². The standard InChI is InChI=1S/C12H19N3O4/c13-5-7-18-9-10-19-8-6-14-11-1-3-12(4-2-11)15(16)17/h1-4,14H,5-10,13H2. The van der Waals surface area contributed by atoms with Gasteiger partial charge in [0.25, 0.3) is 5.69 Å². The first-order valence-corrected chi connectivity index (χ1v) is 6.08. The Balaban J connectivity index is 2.07. The monoisotopic (exact) mass is 269 g/mol. The van der Waals surface area contributed by atoms with Crippen LogP contribution in [0.4, 0.5) is 11.4 Å². The quantitative estimate of drug-likeness (QED) is 0.373. The third-order valence-corrected chi connectivity index (χ3v) is 2.29. The number of non-ortho nitro benzene ring substituents is 1. The van der Waals surface area contributed by atoms with Crippen LogP contribution in [0.25, 0.3) is 0 Å². The molecule has 0 heterocycles. The van der Waals surface area contributed by atoms with Gasteiger partial charge in [0, 0.05) is 30.9 Å². The summed E-state index contributed by atoms with van der Waals surface area (Å²) in [5, 5.41) is 13.6. The highest BCUT2D eigenvalue weighted by Gasteiger charge is 2.02. The number of hydrogen-bond donors (Lipinski definition) is 2. The number of rotatable bonds is 10. The lowest BCUT2D eigenvalue weighted by Crippen LogP contribution is -2.14. The van der Waals surface area contributed by atoms with Crippen LogP contribution in [0.1, 0.15) is 0 Å². The van der Waals surface area contributed by atoms with Gasteiger partial charge < -0.3 is 20.5 Å². The molecule has 0 bridgehead atoms. The summed E-state index contributed by atoms with van der Waals surface area (Å²) in [6.45, 7) is 3.31. The summed E-state index contributed by atoms with van der Waals surface area (Å²) in [5.74, 6) is 0. The highest BCUT2D eigenvalue weighted by molar-refractivity contribution is 5.48. The molecule has 0 aromatic heterocycles. The number of nitro benzene ring substituents is 1. The van der Waals surface area contributed by atoms with Crippen LogP contribution in [0.2, 0.25) is 0 Å². The minimum absolute atomic E-state index is 0.0823. The maximum absolute atomic E-state index is 10.5. The van der Waals surface area contributed by atoms with E-state index in [-0.39, 0.29) is 5.69 Å². The second kappa shape index (κ2) is 9.26. The second-order valence-corrected chi connectivity index (χ2v) is 3.74. The summed E-state index contributed by atoms with van der Waals surface area (Å²) in [7, 11) is 0. The van der Waals surface area contributed by atoms with Gasteiger partial charge >= 0.3 is 0 Å². The molecule has 3 N–H and O–H groups in total. The molecule has 7 heteroatoms. The molecular weight excluding hydrogens is 250 g/mol. The van der Waals surface area contributed by atoms with Crippen LogP contribution < -0.4 is 11.1 Å². The average Bonchev–Trinajstić information content (AvgIpc) is 2.42. The number of nitrogens with one attached hydrogen (secondary N) is 1. The molecule has 0 saturated heterocycles. The molecule has 0 spiro atoms. The van der Waals surface area contributed by atoms with Crippen LogP contribution in [0.3, 0.4) is 0 Å². The Morgan fingerprint density at radius 3 is 2.32 bits per heavy atom. The first-order valence-electron chi connectivity index (χ1n) is 6.08. The minimum atomic E-state index is -0.422. The maximum atomic E-state index is 10.5. The van der Waals surface area contributed by atoms with Crippen LogP contribution in [-0.2, 0) is 9.47 Å². The minimum Gasteiger partial charge on any atom is -0.383 e. The normalized spacial score (nSPS) is 10.4. The molecule has 0 radical (unpaired) electrons. The van der Waals surface area contributed by atoms with Crippen molar-refractivity contribution in [3.05, 3.63) is 34.4 Å². The molecule has 0 aliphatic heterocycles. The second-order valence-electron chi connectivity index (χ2n) is 3.74. The highest BCUT2D eigenvalue weighted by Crippen LogP contribution is 2.14. The Morgan fingerprint density at radius 2 is 1.74 bits per heavy atom. The first kappa shape index (κ1) is 15.4. The van der Waals surface area contributed by atoms with E-state index in [4.69, 9.17) is 15.2 Å². The summed E-state index contributed by atoms with van der Waals surface area (Å²) in [6.07, 6.45) is 0. The molecule has 0 amide bonds. The van der Waals surface area contributed by atoms with E-state index in [1.54, 1.807) is 12.1 Å². The topological polar surface area (TPSA) is 99.7 Å². The fourth-order valence-corrected chi connectivity index (χ4v) is 1.37. The summed E-state index contributed by atoms with van der Waals surface area (Å²) in [4.78, 5) is 10.0.